The van der Waals surface area contributed by atoms with Crippen LogP contribution in [0.25, 0.3) is 11.3 Å². The van der Waals surface area contributed by atoms with Crippen molar-refractivity contribution in [3.8, 4) is 17.0 Å². The number of carboxylic acids is 1. The van der Waals surface area contributed by atoms with Crippen LogP contribution in [0.15, 0.2) is 29.2 Å². The van der Waals surface area contributed by atoms with Crippen LogP contribution >= 0.6 is 0 Å². The highest BCUT2D eigenvalue weighted by Crippen LogP contribution is 2.50. The van der Waals surface area contributed by atoms with Gasteiger partial charge in [-0.1, -0.05) is 0 Å². The number of ether oxygens (including phenoxy) is 2. The highest BCUT2D eigenvalue weighted by Gasteiger charge is 2.44. The number of halogens is 2. The van der Waals surface area contributed by atoms with Gasteiger partial charge in [0.1, 0.15) is 11.3 Å². The van der Waals surface area contributed by atoms with Crippen molar-refractivity contribution in [2.75, 3.05) is 19.8 Å². The molecule has 5 rings (SSSR count). The predicted molar refractivity (Wildman–Crippen MR) is 108 cm³/mol. The molecule has 6 nitrogen and oxygen atoms in total. The smallest absolute Gasteiger partial charge is 0.341 e. The van der Waals surface area contributed by atoms with Gasteiger partial charge in [-0.2, -0.15) is 0 Å². The minimum Gasteiger partial charge on any atom is -0.493 e. The average molecular weight is 431 g/mol. The third-order valence-electron chi connectivity index (χ3n) is 6.84. The first-order valence-corrected chi connectivity index (χ1v) is 10.5. The van der Waals surface area contributed by atoms with E-state index >= 15 is 0 Å². The van der Waals surface area contributed by atoms with Crippen LogP contribution in [0.4, 0.5) is 8.78 Å². The van der Waals surface area contributed by atoms with Crippen LogP contribution in [0.3, 0.4) is 0 Å². The molecule has 2 aliphatic heterocycles. The van der Waals surface area contributed by atoms with Gasteiger partial charge in [0, 0.05) is 35.9 Å². The number of pyridine rings is 1. The molecule has 1 saturated carbocycles. The zero-order valence-corrected chi connectivity index (χ0v) is 16.9. The molecule has 1 N–H and O–H groups in total. The quantitative estimate of drug-likeness (QED) is 0.774. The molecule has 2 aromatic rings. The summed E-state index contributed by atoms with van der Waals surface area (Å²) < 4.78 is 40.8. The van der Waals surface area contributed by atoms with Gasteiger partial charge in [0.15, 0.2) is 5.43 Å². The Bertz CT molecular complexity index is 1100. The molecule has 1 aromatic carbocycles. The van der Waals surface area contributed by atoms with E-state index in [0.717, 1.165) is 31.2 Å². The summed E-state index contributed by atoms with van der Waals surface area (Å²) >= 11 is 0. The van der Waals surface area contributed by atoms with Crippen LogP contribution in [0.2, 0.25) is 0 Å². The van der Waals surface area contributed by atoms with Gasteiger partial charge in [-0.3, -0.25) is 4.79 Å². The Balaban J connectivity index is 1.61. The van der Waals surface area contributed by atoms with E-state index in [2.05, 4.69) is 0 Å². The van der Waals surface area contributed by atoms with Gasteiger partial charge in [0.25, 0.3) is 6.43 Å². The van der Waals surface area contributed by atoms with E-state index < -0.39 is 17.8 Å². The van der Waals surface area contributed by atoms with Gasteiger partial charge >= 0.3 is 5.97 Å². The van der Waals surface area contributed by atoms with Gasteiger partial charge in [-0.25, -0.2) is 13.6 Å². The van der Waals surface area contributed by atoms with Crippen molar-refractivity contribution in [2.45, 2.75) is 44.1 Å². The number of carboxylic acid groups (broad SMARTS) is 1. The average Bonchev–Trinajstić information content (AvgIpc) is 3.22. The molecule has 3 heterocycles. The molecule has 1 spiro atoms. The lowest BCUT2D eigenvalue weighted by molar-refractivity contribution is 0.0691. The summed E-state index contributed by atoms with van der Waals surface area (Å²) in [4.78, 5) is 23.9. The first-order chi connectivity index (χ1) is 14.9. The Hall–Kier alpha value is -2.74. The van der Waals surface area contributed by atoms with Crippen molar-refractivity contribution in [1.29, 1.82) is 0 Å². The number of rotatable bonds is 5. The van der Waals surface area contributed by atoms with Crippen LogP contribution in [0.5, 0.6) is 5.75 Å². The fourth-order valence-corrected chi connectivity index (χ4v) is 4.98. The SMILES string of the molecule is O=C(O)c1cn2c(cc1=O)-c1cc(C(F)F)c(OCC3CCOC3)cc1CC21CCC1. The van der Waals surface area contributed by atoms with Gasteiger partial charge < -0.3 is 19.1 Å². The van der Waals surface area contributed by atoms with Gasteiger partial charge in [-0.05, 0) is 49.8 Å². The number of hydrogen-bond donors (Lipinski definition) is 1. The Morgan fingerprint density at radius 1 is 1.32 bits per heavy atom. The maximum Gasteiger partial charge on any atom is 0.341 e. The maximum absolute atomic E-state index is 13.9. The summed E-state index contributed by atoms with van der Waals surface area (Å²) in [5.41, 5.74) is 0.413. The summed E-state index contributed by atoms with van der Waals surface area (Å²) in [5.74, 6) is -0.921. The van der Waals surface area contributed by atoms with Gasteiger partial charge in [-0.15, -0.1) is 0 Å². The Morgan fingerprint density at radius 2 is 2.13 bits per heavy atom. The number of nitrogens with zero attached hydrogens (tertiary/aromatic N) is 1. The number of aromatic nitrogens is 1. The van der Waals surface area contributed by atoms with Crippen molar-refractivity contribution in [3.63, 3.8) is 0 Å². The molecule has 3 aliphatic rings. The lowest BCUT2D eigenvalue weighted by atomic mass is 9.69. The van der Waals surface area contributed by atoms with Crippen LogP contribution in [-0.2, 0) is 16.7 Å². The van der Waals surface area contributed by atoms with E-state index in [0.29, 0.717) is 37.5 Å². The van der Waals surface area contributed by atoms with Crippen LogP contribution in [0.1, 0.15) is 53.6 Å². The molecule has 0 radical (unpaired) electrons. The molecule has 31 heavy (non-hydrogen) atoms. The van der Waals surface area contributed by atoms with E-state index in [9.17, 15) is 23.5 Å². The molecule has 1 unspecified atom stereocenters. The van der Waals surface area contributed by atoms with Gasteiger partial charge in [0.2, 0.25) is 0 Å². The summed E-state index contributed by atoms with van der Waals surface area (Å²) in [5, 5.41) is 9.39. The fourth-order valence-electron chi connectivity index (χ4n) is 4.98. The highest BCUT2D eigenvalue weighted by molar-refractivity contribution is 5.88. The lowest BCUT2D eigenvalue weighted by Crippen LogP contribution is -2.46. The molecule has 1 aliphatic carbocycles. The van der Waals surface area contributed by atoms with Gasteiger partial charge in [0.05, 0.1) is 24.5 Å². The Kier molecular flexibility index (Phi) is 4.84. The first kappa shape index (κ1) is 20.2. The second-order valence-electron chi connectivity index (χ2n) is 8.75. The minimum absolute atomic E-state index is 0.174. The normalized spacial score (nSPS) is 20.9. The molecule has 164 valence electrons. The van der Waals surface area contributed by atoms with Crippen LogP contribution in [-0.4, -0.2) is 35.5 Å². The summed E-state index contributed by atoms with van der Waals surface area (Å²) in [6.45, 7) is 1.55. The topological polar surface area (TPSA) is 77.8 Å². The Morgan fingerprint density at radius 3 is 2.74 bits per heavy atom. The van der Waals surface area contributed by atoms with E-state index in [4.69, 9.17) is 9.47 Å². The fraction of sp³-hybridized carbons (Fsp3) is 0.478. The number of alkyl halides is 2. The van der Waals surface area contributed by atoms with Crippen molar-refractivity contribution < 1.29 is 28.2 Å². The number of carbonyl (C=O) groups is 1. The zero-order chi connectivity index (χ0) is 21.8. The van der Waals surface area contributed by atoms with Crippen molar-refractivity contribution in [2.24, 2.45) is 5.92 Å². The van der Waals surface area contributed by atoms with Crippen LogP contribution < -0.4 is 10.2 Å². The van der Waals surface area contributed by atoms with E-state index in [1.165, 1.54) is 18.3 Å². The maximum atomic E-state index is 13.9. The zero-order valence-electron chi connectivity index (χ0n) is 16.9. The third kappa shape index (κ3) is 3.33. The van der Waals surface area contributed by atoms with E-state index in [-0.39, 0.29) is 28.3 Å². The number of benzene rings is 1. The summed E-state index contributed by atoms with van der Waals surface area (Å²) in [6, 6.07) is 4.36. The molecule has 1 atom stereocenters. The summed E-state index contributed by atoms with van der Waals surface area (Å²) in [7, 11) is 0. The molecular formula is C23H23F2NO5. The lowest BCUT2D eigenvalue weighted by Gasteiger charge is -2.48. The first-order valence-electron chi connectivity index (χ1n) is 10.5. The number of hydrogen-bond acceptors (Lipinski definition) is 4. The molecule has 2 fully saturated rings. The molecule has 0 amide bonds. The molecular weight excluding hydrogens is 408 g/mol. The molecule has 1 saturated heterocycles. The van der Waals surface area contributed by atoms with Crippen molar-refractivity contribution in [1.82, 2.24) is 4.57 Å². The predicted octanol–water partition coefficient (Wildman–Crippen LogP) is 4.00. The second-order valence-corrected chi connectivity index (χ2v) is 8.75. The molecule has 8 heteroatoms. The standard InChI is InChI=1S/C23H23F2NO5/c24-21(25)16-7-15-14(6-20(16)31-12-13-2-5-30-11-13)9-23(3-1-4-23)26-10-17(22(28)29)19(27)8-18(15)26/h6-8,10,13,21H,1-5,9,11-12H2,(H,28,29). The minimum atomic E-state index is -2.74. The number of fused-ring (bicyclic) bond motifs is 4. The van der Waals surface area contributed by atoms with Crippen molar-refractivity contribution in [3.05, 3.63) is 51.3 Å². The Labute approximate surface area is 177 Å². The van der Waals surface area contributed by atoms with Crippen LogP contribution in [0, 0.1) is 5.92 Å². The number of aromatic carboxylic acids is 1. The largest absolute Gasteiger partial charge is 0.493 e. The van der Waals surface area contributed by atoms with E-state index in [1.54, 1.807) is 6.07 Å². The van der Waals surface area contributed by atoms with Crippen molar-refractivity contribution >= 4 is 5.97 Å². The van der Waals surface area contributed by atoms with E-state index in [1.807, 2.05) is 4.57 Å². The molecule has 0 bridgehead atoms. The summed E-state index contributed by atoms with van der Waals surface area (Å²) in [6.07, 6.45) is 2.75. The third-order valence-corrected chi connectivity index (χ3v) is 6.84. The highest BCUT2D eigenvalue weighted by atomic mass is 19.3. The monoisotopic (exact) mass is 431 g/mol. The second kappa shape index (κ2) is 7.44. The molecule has 1 aromatic heterocycles.